The van der Waals surface area contributed by atoms with Crippen LogP contribution in [0.4, 0.5) is 11.4 Å². The number of esters is 1. The van der Waals surface area contributed by atoms with Crippen LogP contribution in [0, 0.1) is 10.1 Å². The van der Waals surface area contributed by atoms with Gasteiger partial charge in [-0.15, -0.1) is 0 Å². The second-order valence-electron chi connectivity index (χ2n) is 5.46. The predicted molar refractivity (Wildman–Crippen MR) is 96.1 cm³/mol. The smallest absolute Gasteiger partial charge is 0.338 e. The fourth-order valence-corrected chi connectivity index (χ4v) is 2.65. The highest BCUT2D eigenvalue weighted by atomic mass is 35.5. The first kappa shape index (κ1) is 19.2. The molecule has 0 saturated carbocycles. The SMILES string of the molecule is COc1ccc(NC(=O)COC(=O)c2cc(Cl)c3c(c2)OCO3)c([N+](=O)[O-])c1. The number of benzene rings is 2. The van der Waals surface area contributed by atoms with Crippen molar-refractivity contribution in [3.8, 4) is 17.2 Å². The van der Waals surface area contributed by atoms with Gasteiger partial charge in [-0.1, -0.05) is 11.6 Å². The summed E-state index contributed by atoms with van der Waals surface area (Å²) in [7, 11) is 1.36. The molecule has 146 valence electrons. The fraction of sp³-hybridized carbons (Fsp3) is 0.176. The van der Waals surface area contributed by atoms with Crippen molar-refractivity contribution in [2.45, 2.75) is 0 Å². The first-order valence-electron chi connectivity index (χ1n) is 7.77. The molecule has 0 aliphatic carbocycles. The van der Waals surface area contributed by atoms with Crippen LogP contribution in [0.5, 0.6) is 17.2 Å². The number of halogens is 1. The van der Waals surface area contributed by atoms with Crippen LogP contribution in [0.25, 0.3) is 0 Å². The molecule has 1 N–H and O–H groups in total. The first-order valence-corrected chi connectivity index (χ1v) is 8.15. The number of nitro benzene ring substituents is 1. The second-order valence-corrected chi connectivity index (χ2v) is 5.86. The number of carbonyl (C=O) groups excluding carboxylic acids is 2. The van der Waals surface area contributed by atoms with E-state index in [1.54, 1.807) is 0 Å². The van der Waals surface area contributed by atoms with E-state index in [1.807, 2.05) is 0 Å². The second kappa shape index (κ2) is 8.01. The Hall–Kier alpha value is -3.53. The number of nitrogens with one attached hydrogen (secondary N) is 1. The summed E-state index contributed by atoms with van der Waals surface area (Å²) in [5, 5.41) is 13.6. The monoisotopic (exact) mass is 408 g/mol. The number of carbonyl (C=O) groups is 2. The maximum Gasteiger partial charge on any atom is 0.338 e. The number of anilines is 1. The van der Waals surface area contributed by atoms with Gasteiger partial charge in [0.05, 0.1) is 28.7 Å². The molecule has 0 radical (unpaired) electrons. The number of rotatable bonds is 6. The lowest BCUT2D eigenvalue weighted by atomic mass is 10.2. The average molecular weight is 409 g/mol. The van der Waals surface area contributed by atoms with Crippen molar-refractivity contribution >= 4 is 34.9 Å². The minimum atomic E-state index is -0.820. The third-order valence-electron chi connectivity index (χ3n) is 3.67. The third-order valence-corrected chi connectivity index (χ3v) is 3.95. The van der Waals surface area contributed by atoms with E-state index < -0.39 is 23.4 Å². The third kappa shape index (κ3) is 4.07. The minimum absolute atomic E-state index is 0.0173. The summed E-state index contributed by atoms with van der Waals surface area (Å²) >= 11 is 5.99. The Bertz CT molecular complexity index is 962. The molecule has 0 fully saturated rings. The van der Waals surface area contributed by atoms with Gasteiger partial charge in [-0.05, 0) is 24.3 Å². The number of nitrogens with zero attached hydrogens (tertiary/aromatic N) is 1. The molecule has 1 aliphatic heterocycles. The van der Waals surface area contributed by atoms with Gasteiger partial charge in [0.2, 0.25) is 6.79 Å². The van der Waals surface area contributed by atoms with Gasteiger partial charge >= 0.3 is 5.97 Å². The molecule has 11 heteroatoms. The van der Waals surface area contributed by atoms with Crippen molar-refractivity contribution in [1.82, 2.24) is 0 Å². The van der Waals surface area contributed by atoms with E-state index in [2.05, 4.69) is 5.32 Å². The van der Waals surface area contributed by atoms with E-state index in [9.17, 15) is 19.7 Å². The van der Waals surface area contributed by atoms with Gasteiger partial charge in [0.1, 0.15) is 11.4 Å². The zero-order valence-corrected chi connectivity index (χ0v) is 15.1. The van der Waals surface area contributed by atoms with Gasteiger partial charge < -0.3 is 24.3 Å². The minimum Gasteiger partial charge on any atom is -0.496 e. The zero-order chi connectivity index (χ0) is 20.3. The van der Waals surface area contributed by atoms with Crippen LogP contribution in [0.2, 0.25) is 5.02 Å². The van der Waals surface area contributed by atoms with Crippen LogP contribution in [0.1, 0.15) is 10.4 Å². The summed E-state index contributed by atoms with van der Waals surface area (Å²) < 4.78 is 20.1. The molecule has 10 nitrogen and oxygen atoms in total. The molecule has 2 aromatic carbocycles. The standard InChI is InChI=1S/C17H13ClN2O8/c1-25-10-2-3-12(13(6-10)20(23)24)19-15(21)7-26-17(22)9-4-11(18)16-14(5-9)27-8-28-16/h2-6H,7-8H2,1H3,(H,19,21). The number of methoxy groups -OCH3 is 1. The Labute approximate surface area is 163 Å². The van der Waals surface area contributed by atoms with Crippen LogP contribution in [-0.2, 0) is 9.53 Å². The lowest BCUT2D eigenvalue weighted by Crippen LogP contribution is -2.21. The number of hydrogen-bond acceptors (Lipinski definition) is 8. The van der Waals surface area contributed by atoms with E-state index in [4.69, 9.17) is 30.5 Å². The Balaban J connectivity index is 1.64. The lowest BCUT2D eigenvalue weighted by Gasteiger charge is -2.09. The molecule has 0 unspecified atom stereocenters. The Morgan fingerprint density at radius 1 is 1.29 bits per heavy atom. The lowest BCUT2D eigenvalue weighted by molar-refractivity contribution is -0.384. The molecule has 1 aliphatic rings. The maximum atomic E-state index is 12.1. The first-order chi connectivity index (χ1) is 13.4. The molecule has 1 heterocycles. The number of ether oxygens (including phenoxy) is 4. The molecular formula is C17H13ClN2O8. The maximum absolute atomic E-state index is 12.1. The Kier molecular flexibility index (Phi) is 5.50. The van der Waals surface area contributed by atoms with E-state index in [-0.39, 0.29) is 40.3 Å². The van der Waals surface area contributed by atoms with Gasteiger partial charge in [-0.2, -0.15) is 0 Å². The van der Waals surface area contributed by atoms with Crippen LogP contribution < -0.4 is 19.5 Å². The normalized spacial score (nSPS) is 11.6. The highest BCUT2D eigenvalue weighted by molar-refractivity contribution is 6.32. The topological polar surface area (TPSA) is 126 Å². The number of fused-ring (bicyclic) bond motifs is 1. The number of nitro groups is 1. The molecule has 0 aromatic heterocycles. The predicted octanol–water partition coefficient (Wildman–Crippen LogP) is 2.78. The highest BCUT2D eigenvalue weighted by Crippen LogP contribution is 2.39. The van der Waals surface area contributed by atoms with Gasteiger partial charge in [0, 0.05) is 0 Å². The molecule has 0 bridgehead atoms. The molecule has 0 spiro atoms. The number of hydrogen-bond donors (Lipinski definition) is 1. The van der Waals surface area contributed by atoms with E-state index >= 15 is 0 Å². The molecule has 3 rings (SSSR count). The van der Waals surface area contributed by atoms with Crippen molar-refractivity contribution in [1.29, 1.82) is 0 Å². The van der Waals surface area contributed by atoms with Gasteiger partial charge in [0.25, 0.3) is 11.6 Å². The van der Waals surface area contributed by atoms with Crippen LogP contribution in [-0.4, -0.2) is 37.3 Å². The molecule has 28 heavy (non-hydrogen) atoms. The van der Waals surface area contributed by atoms with Gasteiger partial charge in [-0.3, -0.25) is 14.9 Å². The summed E-state index contributed by atoms with van der Waals surface area (Å²) in [6, 6.07) is 6.63. The largest absolute Gasteiger partial charge is 0.496 e. The van der Waals surface area contributed by atoms with Gasteiger partial charge in [0.15, 0.2) is 18.1 Å². The van der Waals surface area contributed by atoms with Crippen molar-refractivity contribution in [2.75, 3.05) is 25.8 Å². The summed E-state index contributed by atoms with van der Waals surface area (Å²) in [6.07, 6.45) is 0. The summed E-state index contributed by atoms with van der Waals surface area (Å²) in [5.74, 6) is -0.704. The fourth-order valence-electron chi connectivity index (χ4n) is 2.38. The van der Waals surface area contributed by atoms with Crippen molar-refractivity contribution in [3.05, 3.63) is 51.0 Å². The molecule has 2 aromatic rings. The Morgan fingerprint density at radius 3 is 2.79 bits per heavy atom. The van der Waals surface area contributed by atoms with Crippen molar-refractivity contribution in [3.63, 3.8) is 0 Å². The van der Waals surface area contributed by atoms with E-state index in [0.29, 0.717) is 5.75 Å². The molecule has 0 atom stereocenters. The molecule has 1 amide bonds. The summed E-state index contributed by atoms with van der Waals surface area (Å²) in [4.78, 5) is 34.6. The average Bonchev–Trinajstić information content (AvgIpc) is 3.15. The van der Waals surface area contributed by atoms with Crippen LogP contribution in [0.15, 0.2) is 30.3 Å². The Morgan fingerprint density at radius 2 is 2.07 bits per heavy atom. The summed E-state index contributed by atoms with van der Waals surface area (Å²) in [5.41, 5.74) is -0.350. The van der Waals surface area contributed by atoms with Gasteiger partial charge in [-0.25, -0.2) is 4.79 Å². The van der Waals surface area contributed by atoms with E-state index in [1.165, 1.54) is 31.4 Å². The number of amides is 1. The highest BCUT2D eigenvalue weighted by Gasteiger charge is 2.22. The van der Waals surface area contributed by atoms with Crippen molar-refractivity contribution in [2.24, 2.45) is 0 Å². The van der Waals surface area contributed by atoms with Crippen molar-refractivity contribution < 1.29 is 33.5 Å². The molecule has 0 saturated heterocycles. The van der Waals surface area contributed by atoms with Crippen LogP contribution in [0.3, 0.4) is 0 Å². The zero-order valence-electron chi connectivity index (χ0n) is 14.4. The quantitative estimate of drug-likeness (QED) is 0.439. The summed E-state index contributed by atoms with van der Waals surface area (Å²) in [6.45, 7) is -0.676. The van der Waals surface area contributed by atoms with Crippen LogP contribution >= 0.6 is 11.6 Å². The van der Waals surface area contributed by atoms with E-state index in [0.717, 1.165) is 6.07 Å². The molecular weight excluding hydrogens is 396 g/mol.